The molecule has 1 N–H and O–H groups in total. The molecule has 7 nitrogen and oxygen atoms in total. The maximum Gasteiger partial charge on any atom is 0.341 e. The minimum absolute atomic E-state index is 0.136. The van der Waals surface area contributed by atoms with E-state index in [1.54, 1.807) is 26.0 Å². The Labute approximate surface area is 165 Å². The average molecular weight is 411 g/mol. The second-order valence-corrected chi connectivity index (χ2v) is 7.09. The number of esters is 1. The van der Waals surface area contributed by atoms with Crippen LogP contribution in [0.5, 0.6) is 0 Å². The summed E-state index contributed by atoms with van der Waals surface area (Å²) in [5.41, 5.74) is -0.672. The number of aryl methyl sites for hydroxylation is 1. The van der Waals surface area contributed by atoms with Gasteiger partial charge in [0.2, 0.25) is 0 Å². The van der Waals surface area contributed by atoms with Gasteiger partial charge in [-0.2, -0.15) is 0 Å². The Kier molecular flexibility index (Phi) is 4.92. The first kappa shape index (κ1) is 19.3. The van der Waals surface area contributed by atoms with E-state index < -0.39 is 23.4 Å². The van der Waals surface area contributed by atoms with Crippen LogP contribution in [0.3, 0.4) is 0 Å². The van der Waals surface area contributed by atoms with Gasteiger partial charge in [0.15, 0.2) is 0 Å². The first-order valence-electron chi connectivity index (χ1n) is 7.94. The molecule has 0 spiro atoms. The number of carbonyl (C=O) groups excluding carboxylic acids is 3. The van der Waals surface area contributed by atoms with E-state index in [4.69, 9.17) is 27.6 Å². The summed E-state index contributed by atoms with van der Waals surface area (Å²) in [6.45, 7) is 3.03. The fourth-order valence-corrected chi connectivity index (χ4v) is 3.61. The number of nitrogens with one attached hydrogen (secondary N) is 1. The third kappa shape index (κ3) is 3.28. The van der Waals surface area contributed by atoms with Crippen LogP contribution in [0.1, 0.15) is 34.4 Å². The smallest absolute Gasteiger partial charge is 0.341 e. The number of nitrogens with zero attached hydrogens (tertiary/aromatic N) is 1. The monoisotopic (exact) mass is 410 g/mol. The van der Waals surface area contributed by atoms with Crippen LogP contribution in [0, 0.1) is 6.92 Å². The number of benzene rings is 1. The van der Waals surface area contributed by atoms with Gasteiger partial charge in [0, 0.05) is 15.6 Å². The number of urea groups is 1. The Morgan fingerprint density at radius 3 is 2.63 bits per heavy atom. The number of imide groups is 1. The molecule has 3 rings (SSSR count). The van der Waals surface area contributed by atoms with Gasteiger partial charge in [0.25, 0.3) is 5.91 Å². The minimum Gasteiger partial charge on any atom is -0.465 e. The highest BCUT2D eigenvalue weighted by atomic mass is 35.5. The van der Waals surface area contributed by atoms with Crippen molar-refractivity contribution in [1.29, 1.82) is 0 Å². The molecule has 1 fully saturated rings. The molecule has 1 aliphatic heterocycles. The molecule has 142 valence electrons. The fraction of sp³-hybridized carbons (Fsp3) is 0.278. The minimum atomic E-state index is -1.34. The van der Waals surface area contributed by atoms with E-state index in [2.05, 4.69) is 10.1 Å². The highest BCUT2D eigenvalue weighted by Crippen LogP contribution is 2.35. The lowest BCUT2D eigenvalue weighted by Gasteiger charge is -2.23. The van der Waals surface area contributed by atoms with Gasteiger partial charge in [-0.25, -0.2) is 9.59 Å². The zero-order chi connectivity index (χ0) is 19.9. The molecular formula is C18H16Cl2N2O5. The van der Waals surface area contributed by atoms with Crippen LogP contribution in [0.4, 0.5) is 4.79 Å². The zero-order valence-corrected chi connectivity index (χ0v) is 16.3. The Morgan fingerprint density at radius 2 is 2.00 bits per heavy atom. The molecule has 0 saturated carbocycles. The highest BCUT2D eigenvalue weighted by molar-refractivity contribution is 6.35. The predicted octanol–water partition coefficient (Wildman–Crippen LogP) is 3.65. The van der Waals surface area contributed by atoms with Crippen molar-refractivity contribution in [2.45, 2.75) is 25.9 Å². The molecule has 27 heavy (non-hydrogen) atoms. The Hall–Kier alpha value is -2.51. The van der Waals surface area contributed by atoms with Gasteiger partial charge in [-0.1, -0.05) is 29.3 Å². The van der Waals surface area contributed by atoms with Gasteiger partial charge in [-0.3, -0.25) is 9.69 Å². The number of carbonyl (C=O) groups is 3. The first-order chi connectivity index (χ1) is 12.7. The van der Waals surface area contributed by atoms with Crippen molar-refractivity contribution in [2.24, 2.45) is 0 Å². The number of halogens is 2. The van der Waals surface area contributed by atoms with Gasteiger partial charge in [0.1, 0.15) is 22.6 Å². The molecule has 2 aromatic rings. The Balaban J connectivity index is 1.89. The summed E-state index contributed by atoms with van der Waals surface area (Å²) < 4.78 is 10.2. The van der Waals surface area contributed by atoms with E-state index in [1.165, 1.54) is 19.2 Å². The van der Waals surface area contributed by atoms with Crippen molar-refractivity contribution in [3.63, 3.8) is 0 Å². The second-order valence-electron chi connectivity index (χ2n) is 6.24. The van der Waals surface area contributed by atoms with Crippen LogP contribution in [-0.2, 0) is 21.6 Å². The molecule has 2 heterocycles. The lowest BCUT2D eigenvalue weighted by atomic mass is 9.92. The van der Waals surface area contributed by atoms with Crippen LogP contribution in [0.15, 0.2) is 28.7 Å². The van der Waals surface area contributed by atoms with E-state index in [1.807, 2.05) is 0 Å². The Bertz CT molecular complexity index is 955. The van der Waals surface area contributed by atoms with Crippen LogP contribution in [0.25, 0.3) is 0 Å². The van der Waals surface area contributed by atoms with Gasteiger partial charge in [-0.05, 0) is 32.0 Å². The number of rotatable bonds is 4. The molecule has 0 unspecified atom stereocenters. The molecule has 0 bridgehead atoms. The van der Waals surface area contributed by atoms with Gasteiger partial charge < -0.3 is 14.5 Å². The van der Waals surface area contributed by atoms with Crippen molar-refractivity contribution >= 4 is 41.1 Å². The molecule has 9 heteroatoms. The number of ether oxygens (including phenoxy) is 1. The summed E-state index contributed by atoms with van der Waals surface area (Å²) in [6.07, 6.45) is 0. The number of hydrogen-bond acceptors (Lipinski definition) is 5. The molecule has 1 saturated heterocycles. The van der Waals surface area contributed by atoms with Crippen LogP contribution in [0.2, 0.25) is 10.0 Å². The molecule has 1 aromatic carbocycles. The zero-order valence-electron chi connectivity index (χ0n) is 14.8. The van der Waals surface area contributed by atoms with Gasteiger partial charge in [0.05, 0.1) is 13.7 Å². The summed E-state index contributed by atoms with van der Waals surface area (Å²) >= 11 is 12.1. The molecule has 1 aromatic heterocycles. The molecule has 0 radical (unpaired) electrons. The van der Waals surface area contributed by atoms with Gasteiger partial charge in [-0.15, -0.1) is 0 Å². The topological polar surface area (TPSA) is 88.9 Å². The third-order valence-corrected chi connectivity index (χ3v) is 4.98. The van der Waals surface area contributed by atoms with Crippen molar-refractivity contribution in [1.82, 2.24) is 10.2 Å². The number of methoxy groups -OCH3 is 1. The summed E-state index contributed by atoms with van der Waals surface area (Å²) in [5.74, 6) is -0.432. The average Bonchev–Trinajstić information content (AvgIpc) is 3.07. The SMILES string of the molecule is COC(=O)c1cc(CN2C(=O)N[C@](C)(c3ccc(Cl)cc3Cl)C2=O)oc1C. The van der Waals surface area contributed by atoms with Crippen molar-refractivity contribution in [2.75, 3.05) is 7.11 Å². The van der Waals surface area contributed by atoms with Crippen LogP contribution in [-0.4, -0.2) is 29.9 Å². The number of amides is 3. The maximum atomic E-state index is 13.0. The normalized spacial score (nSPS) is 19.4. The Morgan fingerprint density at radius 1 is 1.30 bits per heavy atom. The van der Waals surface area contributed by atoms with Crippen molar-refractivity contribution in [3.8, 4) is 0 Å². The maximum absolute atomic E-state index is 13.0. The van der Waals surface area contributed by atoms with E-state index in [-0.39, 0.29) is 22.9 Å². The standard InChI is InChI=1S/C18H16Cl2N2O5/c1-9-12(15(23)26-3)7-11(27-9)8-22-16(24)18(2,21-17(22)25)13-5-4-10(19)6-14(13)20/h4-7H,8H2,1-3H3,(H,21,25)/t18-/m1/s1. The molecule has 1 atom stereocenters. The van der Waals surface area contributed by atoms with Crippen LogP contribution >= 0.6 is 23.2 Å². The lowest BCUT2D eigenvalue weighted by molar-refractivity contribution is -0.131. The highest BCUT2D eigenvalue weighted by Gasteiger charge is 2.50. The quantitative estimate of drug-likeness (QED) is 0.613. The number of hydrogen-bond donors (Lipinski definition) is 1. The van der Waals surface area contributed by atoms with Crippen molar-refractivity contribution < 1.29 is 23.5 Å². The molecule has 0 aliphatic carbocycles. The molecule has 1 aliphatic rings. The summed E-state index contributed by atoms with van der Waals surface area (Å²) in [6, 6.07) is 5.55. The molecule has 3 amide bonds. The lowest BCUT2D eigenvalue weighted by Crippen LogP contribution is -2.41. The van der Waals surface area contributed by atoms with E-state index in [0.717, 1.165) is 4.90 Å². The van der Waals surface area contributed by atoms with Gasteiger partial charge >= 0.3 is 12.0 Å². The summed E-state index contributed by atoms with van der Waals surface area (Å²) in [7, 11) is 1.26. The summed E-state index contributed by atoms with van der Waals surface area (Å²) in [4.78, 5) is 38.1. The van der Waals surface area contributed by atoms with E-state index in [0.29, 0.717) is 16.3 Å². The largest absolute Gasteiger partial charge is 0.465 e. The summed E-state index contributed by atoms with van der Waals surface area (Å²) in [5, 5.41) is 3.34. The first-order valence-corrected chi connectivity index (χ1v) is 8.70. The molecular weight excluding hydrogens is 395 g/mol. The van der Waals surface area contributed by atoms with Crippen molar-refractivity contribution in [3.05, 3.63) is 57.0 Å². The predicted molar refractivity (Wildman–Crippen MR) is 97.7 cm³/mol. The number of furan rings is 1. The second kappa shape index (κ2) is 6.90. The van der Waals surface area contributed by atoms with E-state index in [9.17, 15) is 14.4 Å². The van der Waals surface area contributed by atoms with E-state index >= 15 is 0 Å². The fourth-order valence-electron chi connectivity index (χ4n) is 3.01. The third-order valence-electron chi connectivity index (χ3n) is 4.43. The van der Waals surface area contributed by atoms with Crippen LogP contribution < -0.4 is 5.32 Å².